The van der Waals surface area contributed by atoms with Crippen molar-refractivity contribution in [3.63, 3.8) is 0 Å². The van der Waals surface area contributed by atoms with Gasteiger partial charge in [-0.3, -0.25) is 0 Å². The Bertz CT molecular complexity index is 718. The number of alkyl halides is 3. The molecule has 32 heavy (non-hydrogen) atoms. The Kier molecular flexibility index (Phi) is 9.01. The summed E-state index contributed by atoms with van der Waals surface area (Å²) in [5.74, 6) is -0.988. The van der Waals surface area contributed by atoms with Gasteiger partial charge < -0.3 is 4.74 Å². The molecule has 1 aromatic rings. The molecule has 0 atom stereocenters. The van der Waals surface area contributed by atoms with Crippen LogP contribution in [0.4, 0.5) is 22.0 Å². The van der Waals surface area contributed by atoms with Gasteiger partial charge in [-0.2, -0.15) is 0 Å². The van der Waals surface area contributed by atoms with E-state index in [1.165, 1.54) is 44.9 Å². The number of rotatable bonds is 8. The number of ether oxygens (including phenoxy) is 1. The number of halogens is 5. The second kappa shape index (κ2) is 11.5. The molecule has 0 amide bonds. The third-order valence-electron chi connectivity index (χ3n) is 7.44. The molecule has 0 radical (unpaired) electrons. The zero-order valence-corrected chi connectivity index (χ0v) is 18.9. The Morgan fingerprint density at radius 2 is 1.38 bits per heavy atom. The number of allylic oxidation sites excluding steroid dienone is 2. The number of aryl methyl sites for hydroxylation is 1. The van der Waals surface area contributed by atoms with Gasteiger partial charge in [0.15, 0.2) is 11.6 Å². The molecule has 180 valence electrons. The topological polar surface area (TPSA) is 9.23 Å². The Balaban J connectivity index is 1.41. The highest BCUT2D eigenvalue weighted by Gasteiger charge is 2.34. The summed E-state index contributed by atoms with van der Waals surface area (Å²) in [7, 11) is 0. The molecule has 0 heterocycles. The molecule has 0 spiro atoms. The molecule has 6 heteroatoms. The molecule has 2 saturated carbocycles. The molecule has 0 unspecified atom stereocenters. The molecule has 0 bridgehead atoms. The monoisotopic (exact) mass is 458 g/mol. The quantitative estimate of drug-likeness (QED) is 0.279. The van der Waals surface area contributed by atoms with E-state index in [1.54, 1.807) is 0 Å². The van der Waals surface area contributed by atoms with E-state index in [4.69, 9.17) is 0 Å². The second-order valence-electron chi connectivity index (χ2n) is 9.65. The molecular formula is C26H35F5O. The van der Waals surface area contributed by atoms with E-state index in [9.17, 15) is 22.0 Å². The SMILES string of the molecule is CC/C=C/CC1CCC(C2CCC(CCc3cc(F)c(OC(F)(F)F)c(F)c3)CC2)CC1. The number of hydrogen-bond donors (Lipinski definition) is 0. The summed E-state index contributed by atoms with van der Waals surface area (Å²) in [5.41, 5.74) is 0.382. The zero-order valence-electron chi connectivity index (χ0n) is 18.9. The molecule has 0 N–H and O–H groups in total. The summed E-state index contributed by atoms with van der Waals surface area (Å²) in [6, 6.07) is 1.92. The Morgan fingerprint density at radius 1 is 0.844 bits per heavy atom. The van der Waals surface area contributed by atoms with Crippen molar-refractivity contribution < 1.29 is 26.7 Å². The summed E-state index contributed by atoms with van der Waals surface area (Å²) in [6.07, 6.45) is 13.1. The van der Waals surface area contributed by atoms with Gasteiger partial charge in [-0.1, -0.05) is 31.9 Å². The molecule has 1 aromatic carbocycles. The summed E-state index contributed by atoms with van der Waals surface area (Å²) >= 11 is 0. The van der Waals surface area contributed by atoms with Crippen molar-refractivity contribution in [1.29, 1.82) is 0 Å². The predicted octanol–water partition coefficient (Wildman–Crippen LogP) is 8.77. The van der Waals surface area contributed by atoms with E-state index in [0.717, 1.165) is 55.6 Å². The zero-order chi connectivity index (χ0) is 23.1. The molecule has 0 aromatic heterocycles. The lowest BCUT2D eigenvalue weighted by molar-refractivity contribution is -0.276. The van der Waals surface area contributed by atoms with Crippen molar-refractivity contribution in [2.45, 2.75) is 90.3 Å². The fourth-order valence-electron chi connectivity index (χ4n) is 5.64. The summed E-state index contributed by atoms with van der Waals surface area (Å²) in [6.45, 7) is 2.17. The van der Waals surface area contributed by atoms with E-state index in [0.29, 0.717) is 17.9 Å². The molecular weight excluding hydrogens is 423 g/mol. The maximum absolute atomic E-state index is 13.9. The van der Waals surface area contributed by atoms with Crippen LogP contribution in [0.1, 0.15) is 83.1 Å². The maximum Gasteiger partial charge on any atom is 0.573 e. The van der Waals surface area contributed by atoms with Crippen LogP contribution in [0.2, 0.25) is 0 Å². The fraction of sp³-hybridized carbons (Fsp3) is 0.692. The molecule has 2 aliphatic rings. The summed E-state index contributed by atoms with van der Waals surface area (Å²) in [4.78, 5) is 0. The van der Waals surface area contributed by atoms with Gasteiger partial charge in [0.1, 0.15) is 0 Å². The molecule has 0 saturated heterocycles. The van der Waals surface area contributed by atoms with Crippen LogP contribution in [0.3, 0.4) is 0 Å². The highest BCUT2D eigenvalue weighted by atomic mass is 19.4. The minimum atomic E-state index is -5.12. The smallest absolute Gasteiger partial charge is 0.399 e. The maximum atomic E-state index is 13.9. The highest BCUT2D eigenvalue weighted by Crippen LogP contribution is 2.43. The number of hydrogen-bond acceptors (Lipinski definition) is 1. The Morgan fingerprint density at radius 3 is 1.88 bits per heavy atom. The van der Waals surface area contributed by atoms with Crippen LogP contribution >= 0.6 is 0 Å². The lowest BCUT2D eigenvalue weighted by atomic mass is 9.68. The van der Waals surface area contributed by atoms with E-state index >= 15 is 0 Å². The Labute approximate surface area is 188 Å². The molecule has 3 rings (SSSR count). The van der Waals surface area contributed by atoms with Gasteiger partial charge in [0, 0.05) is 0 Å². The van der Waals surface area contributed by atoms with Gasteiger partial charge >= 0.3 is 6.36 Å². The minimum Gasteiger partial charge on any atom is -0.399 e. The van der Waals surface area contributed by atoms with Crippen molar-refractivity contribution in [3.05, 3.63) is 41.5 Å². The van der Waals surface area contributed by atoms with Crippen LogP contribution in [-0.2, 0) is 6.42 Å². The van der Waals surface area contributed by atoms with Gasteiger partial charge in [0.2, 0.25) is 5.75 Å². The summed E-state index contributed by atoms with van der Waals surface area (Å²) in [5, 5.41) is 0. The van der Waals surface area contributed by atoms with Gasteiger partial charge in [0.05, 0.1) is 0 Å². The average Bonchev–Trinajstić information content (AvgIpc) is 2.75. The molecule has 2 aliphatic carbocycles. The van der Waals surface area contributed by atoms with Gasteiger partial charge in [-0.05, 0) is 106 Å². The van der Waals surface area contributed by atoms with E-state index in [-0.39, 0.29) is 0 Å². The van der Waals surface area contributed by atoms with E-state index < -0.39 is 23.7 Å². The summed E-state index contributed by atoms with van der Waals surface area (Å²) < 4.78 is 68.1. The normalized spacial score (nSPS) is 27.1. The fourth-order valence-corrected chi connectivity index (χ4v) is 5.64. The van der Waals surface area contributed by atoms with Crippen LogP contribution < -0.4 is 4.74 Å². The molecule has 2 fully saturated rings. The minimum absolute atomic E-state index is 0.382. The van der Waals surface area contributed by atoms with Gasteiger partial charge in [0.25, 0.3) is 0 Å². The van der Waals surface area contributed by atoms with Crippen molar-refractivity contribution in [3.8, 4) is 5.75 Å². The first-order valence-electron chi connectivity index (χ1n) is 12.1. The van der Waals surface area contributed by atoms with Crippen molar-refractivity contribution >= 4 is 0 Å². The first kappa shape index (κ1) is 25.0. The van der Waals surface area contributed by atoms with Crippen LogP contribution in [0.5, 0.6) is 5.75 Å². The molecule has 1 nitrogen and oxygen atoms in total. The second-order valence-corrected chi connectivity index (χ2v) is 9.65. The van der Waals surface area contributed by atoms with Gasteiger partial charge in [-0.15, -0.1) is 13.2 Å². The average molecular weight is 459 g/mol. The third-order valence-corrected chi connectivity index (χ3v) is 7.44. The highest BCUT2D eigenvalue weighted by molar-refractivity contribution is 5.31. The lowest BCUT2D eigenvalue weighted by Crippen LogP contribution is -2.26. The Hall–Kier alpha value is -1.59. The first-order valence-corrected chi connectivity index (χ1v) is 12.1. The van der Waals surface area contributed by atoms with E-state index in [2.05, 4.69) is 23.8 Å². The van der Waals surface area contributed by atoms with Crippen molar-refractivity contribution in [2.75, 3.05) is 0 Å². The van der Waals surface area contributed by atoms with Crippen molar-refractivity contribution in [2.24, 2.45) is 23.7 Å². The van der Waals surface area contributed by atoms with Crippen LogP contribution in [-0.4, -0.2) is 6.36 Å². The number of benzene rings is 1. The molecule has 0 aliphatic heterocycles. The van der Waals surface area contributed by atoms with Crippen molar-refractivity contribution in [1.82, 2.24) is 0 Å². The predicted molar refractivity (Wildman–Crippen MR) is 116 cm³/mol. The van der Waals surface area contributed by atoms with Crippen LogP contribution in [0.15, 0.2) is 24.3 Å². The van der Waals surface area contributed by atoms with Crippen LogP contribution in [0, 0.1) is 35.3 Å². The van der Waals surface area contributed by atoms with Gasteiger partial charge in [-0.25, -0.2) is 8.78 Å². The first-order chi connectivity index (χ1) is 15.2. The standard InChI is InChI=1S/C26H35F5O/c1-2-3-4-5-18-8-12-21(13-9-18)22-14-10-19(11-15-22)6-7-20-16-23(27)25(24(28)17-20)32-26(29,30)31/h3-4,16-19,21-22H,2,5-15H2,1H3/b4-3+. The van der Waals surface area contributed by atoms with E-state index in [1.807, 2.05) is 0 Å². The third kappa shape index (κ3) is 7.48. The lowest BCUT2D eigenvalue weighted by Gasteiger charge is -2.37. The largest absolute Gasteiger partial charge is 0.573 e. The van der Waals surface area contributed by atoms with Crippen LogP contribution in [0.25, 0.3) is 0 Å².